The third kappa shape index (κ3) is 2.59. The first-order chi connectivity index (χ1) is 6.17. The van der Waals surface area contributed by atoms with Gasteiger partial charge in [-0.1, -0.05) is 20.3 Å². The van der Waals surface area contributed by atoms with Crippen LogP contribution in [0.5, 0.6) is 0 Å². The molecule has 1 rings (SSSR count). The van der Waals surface area contributed by atoms with E-state index in [4.69, 9.17) is 10.5 Å². The molecule has 2 unspecified atom stereocenters. The molecule has 4 heteroatoms. The summed E-state index contributed by atoms with van der Waals surface area (Å²) in [5.41, 5.74) is 5.42. The summed E-state index contributed by atoms with van der Waals surface area (Å²) in [6, 6.07) is 0. The molecule has 0 saturated carbocycles. The molecule has 0 bridgehead atoms. The Hall–Kier alpha value is -0.770. The van der Waals surface area contributed by atoms with Gasteiger partial charge in [-0.15, -0.1) is 0 Å². The van der Waals surface area contributed by atoms with E-state index in [-0.39, 0.29) is 12.2 Å². The zero-order chi connectivity index (χ0) is 9.84. The second-order valence-electron chi connectivity index (χ2n) is 3.66. The summed E-state index contributed by atoms with van der Waals surface area (Å²) in [6.07, 6.45) is 0.768. The Bertz CT molecular complexity index is 184. The van der Waals surface area contributed by atoms with Gasteiger partial charge < -0.3 is 15.4 Å². The van der Waals surface area contributed by atoms with Gasteiger partial charge in [-0.3, -0.25) is 0 Å². The molecule has 1 amide bonds. The summed E-state index contributed by atoms with van der Waals surface area (Å²) in [7, 11) is 0. The van der Waals surface area contributed by atoms with E-state index >= 15 is 0 Å². The van der Waals surface area contributed by atoms with E-state index in [1.165, 1.54) is 0 Å². The van der Waals surface area contributed by atoms with Crippen molar-refractivity contribution in [2.24, 2.45) is 11.7 Å². The summed E-state index contributed by atoms with van der Waals surface area (Å²) in [6.45, 7) is 6.10. The molecule has 0 spiro atoms. The minimum Gasteiger partial charge on any atom is -0.443 e. The summed E-state index contributed by atoms with van der Waals surface area (Å²) < 4.78 is 5.03. The van der Waals surface area contributed by atoms with Crippen LogP contribution in [0.15, 0.2) is 0 Å². The quantitative estimate of drug-likeness (QED) is 0.707. The lowest BCUT2D eigenvalue weighted by molar-refractivity contribution is 0.133. The third-order valence-corrected chi connectivity index (χ3v) is 2.44. The molecule has 0 aromatic rings. The molecule has 76 valence electrons. The molecule has 13 heavy (non-hydrogen) atoms. The maximum Gasteiger partial charge on any atom is 0.410 e. The van der Waals surface area contributed by atoms with Gasteiger partial charge in [0.2, 0.25) is 0 Å². The van der Waals surface area contributed by atoms with Crippen LogP contribution in [0.2, 0.25) is 0 Å². The van der Waals surface area contributed by atoms with Crippen molar-refractivity contribution in [3.8, 4) is 0 Å². The van der Waals surface area contributed by atoms with Crippen LogP contribution in [0.3, 0.4) is 0 Å². The summed E-state index contributed by atoms with van der Waals surface area (Å²) in [5.74, 6) is 0.532. The number of ether oxygens (including phenoxy) is 1. The van der Waals surface area contributed by atoms with Crippen molar-refractivity contribution in [2.45, 2.75) is 26.4 Å². The number of carbonyl (C=O) groups is 1. The van der Waals surface area contributed by atoms with Crippen LogP contribution in [0.1, 0.15) is 20.3 Å². The maximum absolute atomic E-state index is 11.2. The van der Waals surface area contributed by atoms with Gasteiger partial charge in [0.25, 0.3) is 0 Å². The van der Waals surface area contributed by atoms with E-state index < -0.39 is 0 Å². The predicted octanol–water partition coefficient (Wildman–Crippen LogP) is 0.812. The molecule has 1 aliphatic heterocycles. The molecule has 1 heterocycles. The zero-order valence-corrected chi connectivity index (χ0v) is 8.32. The Kier molecular flexibility index (Phi) is 3.54. The van der Waals surface area contributed by atoms with Crippen molar-refractivity contribution in [3.05, 3.63) is 0 Å². The number of carbonyl (C=O) groups excluding carboxylic acids is 1. The molecule has 0 aromatic heterocycles. The molecule has 2 atom stereocenters. The number of hydrogen-bond donors (Lipinski definition) is 1. The van der Waals surface area contributed by atoms with Crippen molar-refractivity contribution in [1.29, 1.82) is 0 Å². The smallest absolute Gasteiger partial charge is 0.410 e. The van der Waals surface area contributed by atoms with Crippen LogP contribution in [-0.2, 0) is 4.74 Å². The van der Waals surface area contributed by atoms with E-state index in [1.54, 1.807) is 4.90 Å². The number of hydrogen-bond acceptors (Lipinski definition) is 3. The number of amides is 1. The minimum atomic E-state index is -0.212. The van der Waals surface area contributed by atoms with Gasteiger partial charge in [0.1, 0.15) is 6.10 Å². The summed E-state index contributed by atoms with van der Waals surface area (Å²) >= 11 is 0. The highest BCUT2D eigenvalue weighted by Crippen LogP contribution is 2.13. The van der Waals surface area contributed by atoms with Crippen LogP contribution in [0.25, 0.3) is 0 Å². The highest BCUT2D eigenvalue weighted by molar-refractivity contribution is 5.69. The highest BCUT2D eigenvalue weighted by Gasteiger charge is 2.30. The highest BCUT2D eigenvalue weighted by atomic mass is 16.6. The fourth-order valence-corrected chi connectivity index (χ4v) is 1.35. The molecule has 4 nitrogen and oxygen atoms in total. The predicted molar refractivity (Wildman–Crippen MR) is 50.4 cm³/mol. The second-order valence-corrected chi connectivity index (χ2v) is 3.66. The Balaban J connectivity index is 2.39. The Labute approximate surface area is 79.0 Å². The van der Waals surface area contributed by atoms with Gasteiger partial charge in [0, 0.05) is 13.1 Å². The number of nitrogens with zero attached hydrogens (tertiary/aromatic N) is 1. The molecule has 0 aromatic carbocycles. The summed E-state index contributed by atoms with van der Waals surface area (Å²) in [5, 5.41) is 0. The average Bonchev–Trinajstić information content (AvgIpc) is 2.47. The van der Waals surface area contributed by atoms with Crippen molar-refractivity contribution in [1.82, 2.24) is 4.90 Å². The maximum atomic E-state index is 11.2. The average molecular weight is 186 g/mol. The van der Waals surface area contributed by atoms with E-state index in [9.17, 15) is 4.79 Å². The van der Waals surface area contributed by atoms with Crippen LogP contribution < -0.4 is 5.73 Å². The molecule has 1 saturated heterocycles. The van der Waals surface area contributed by atoms with Gasteiger partial charge in [-0.2, -0.15) is 0 Å². The van der Waals surface area contributed by atoms with Crippen molar-refractivity contribution in [2.75, 3.05) is 19.6 Å². The van der Waals surface area contributed by atoms with Crippen LogP contribution >= 0.6 is 0 Å². The lowest BCUT2D eigenvalue weighted by Gasteiger charge is -2.16. The van der Waals surface area contributed by atoms with E-state index in [0.29, 0.717) is 19.0 Å². The van der Waals surface area contributed by atoms with Crippen LogP contribution in [0, 0.1) is 5.92 Å². The molecule has 1 fully saturated rings. The fraction of sp³-hybridized carbons (Fsp3) is 0.889. The lowest BCUT2D eigenvalue weighted by Crippen LogP contribution is -2.31. The number of rotatable bonds is 4. The van der Waals surface area contributed by atoms with Crippen molar-refractivity contribution >= 4 is 6.09 Å². The van der Waals surface area contributed by atoms with Crippen LogP contribution in [0.4, 0.5) is 4.79 Å². The largest absolute Gasteiger partial charge is 0.443 e. The molecule has 0 radical (unpaired) electrons. The molecule has 0 aliphatic carbocycles. The first kappa shape index (κ1) is 10.3. The fourth-order valence-electron chi connectivity index (χ4n) is 1.35. The van der Waals surface area contributed by atoms with E-state index in [2.05, 4.69) is 13.8 Å². The molecule has 2 N–H and O–H groups in total. The number of cyclic esters (lactones) is 1. The topological polar surface area (TPSA) is 55.6 Å². The zero-order valence-electron chi connectivity index (χ0n) is 8.32. The molecular weight excluding hydrogens is 168 g/mol. The Morgan fingerprint density at radius 3 is 2.92 bits per heavy atom. The molecular formula is C9H18N2O2. The monoisotopic (exact) mass is 186 g/mol. The Morgan fingerprint density at radius 2 is 2.46 bits per heavy atom. The van der Waals surface area contributed by atoms with E-state index in [0.717, 1.165) is 13.0 Å². The van der Waals surface area contributed by atoms with Gasteiger partial charge in [0.15, 0.2) is 0 Å². The minimum absolute atomic E-state index is 0.100. The first-order valence-corrected chi connectivity index (χ1v) is 4.83. The van der Waals surface area contributed by atoms with Gasteiger partial charge in [-0.25, -0.2) is 4.79 Å². The number of nitrogens with two attached hydrogens (primary N) is 1. The summed E-state index contributed by atoms with van der Waals surface area (Å²) in [4.78, 5) is 13.0. The lowest BCUT2D eigenvalue weighted by atomic mass is 10.1. The first-order valence-electron chi connectivity index (χ1n) is 4.83. The molecule has 1 aliphatic rings. The standard InChI is InChI=1S/C9H18N2O2/c1-3-7(2)5-11-6-8(4-10)13-9(11)12/h7-8H,3-6,10H2,1-2H3. The van der Waals surface area contributed by atoms with Crippen molar-refractivity contribution in [3.63, 3.8) is 0 Å². The van der Waals surface area contributed by atoms with Gasteiger partial charge in [-0.05, 0) is 5.92 Å². The SMILES string of the molecule is CCC(C)CN1CC(CN)OC1=O. The third-order valence-electron chi connectivity index (χ3n) is 2.44. The van der Waals surface area contributed by atoms with Crippen molar-refractivity contribution < 1.29 is 9.53 Å². The van der Waals surface area contributed by atoms with Crippen LogP contribution in [-0.4, -0.2) is 36.7 Å². The normalized spacial score (nSPS) is 24.7. The van der Waals surface area contributed by atoms with E-state index in [1.807, 2.05) is 0 Å². The Morgan fingerprint density at radius 1 is 1.77 bits per heavy atom. The second kappa shape index (κ2) is 4.46. The van der Waals surface area contributed by atoms with Gasteiger partial charge >= 0.3 is 6.09 Å². The van der Waals surface area contributed by atoms with Gasteiger partial charge in [0.05, 0.1) is 6.54 Å².